The highest BCUT2D eigenvalue weighted by Crippen LogP contribution is 2.40. The van der Waals surface area contributed by atoms with Crippen LogP contribution in [-0.4, -0.2) is 41.0 Å². The smallest absolute Gasteiger partial charge is 0.253 e. The highest BCUT2D eigenvalue weighted by molar-refractivity contribution is 7.99. The third-order valence-corrected chi connectivity index (χ3v) is 5.76. The monoisotopic (exact) mass is 419 g/mol. The number of carbonyl (C=O) groups excluding carboxylic acids is 1. The van der Waals surface area contributed by atoms with E-state index < -0.39 is 0 Å². The Morgan fingerprint density at radius 3 is 2.70 bits per heavy atom. The van der Waals surface area contributed by atoms with Gasteiger partial charge in [0.2, 0.25) is 11.1 Å². The van der Waals surface area contributed by atoms with Gasteiger partial charge < -0.3 is 5.32 Å². The second kappa shape index (κ2) is 7.56. The van der Waals surface area contributed by atoms with Crippen molar-refractivity contribution in [3.8, 4) is 5.69 Å². The molecule has 3 aromatic heterocycles. The molecular formula is C21H21N7OS. The Hall–Kier alpha value is -3.20. The number of benzene rings is 1. The average molecular weight is 420 g/mol. The van der Waals surface area contributed by atoms with Crippen molar-refractivity contribution in [2.75, 3.05) is 11.1 Å². The fourth-order valence-corrected chi connectivity index (χ4v) is 3.97. The Bertz CT molecular complexity index is 1230. The quantitative estimate of drug-likeness (QED) is 0.481. The van der Waals surface area contributed by atoms with E-state index in [1.807, 2.05) is 56.3 Å². The van der Waals surface area contributed by atoms with Crippen LogP contribution in [0.3, 0.4) is 0 Å². The highest BCUT2D eigenvalue weighted by atomic mass is 32.2. The van der Waals surface area contributed by atoms with Gasteiger partial charge in [0.15, 0.2) is 0 Å². The molecule has 0 bridgehead atoms. The number of hydrogen-bond acceptors (Lipinski definition) is 6. The van der Waals surface area contributed by atoms with Gasteiger partial charge in [-0.3, -0.25) is 4.79 Å². The van der Waals surface area contributed by atoms with Gasteiger partial charge in [-0.05, 0) is 44.9 Å². The van der Waals surface area contributed by atoms with E-state index in [2.05, 4.69) is 20.4 Å². The zero-order valence-corrected chi connectivity index (χ0v) is 17.6. The van der Waals surface area contributed by atoms with Crippen LogP contribution in [0.15, 0.2) is 47.6 Å². The zero-order chi connectivity index (χ0) is 20.7. The number of thioether (sulfide) groups is 1. The summed E-state index contributed by atoms with van der Waals surface area (Å²) in [5, 5.41) is 12.7. The molecule has 1 fully saturated rings. The first-order chi connectivity index (χ1) is 14.6. The molecule has 8 nitrogen and oxygen atoms in total. The van der Waals surface area contributed by atoms with E-state index in [1.165, 1.54) is 11.8 Å². The largest absolute Gasteiger partial charge is 0.310 e. The highest BCUT2D eigenvalue weighted by Gasteiger charge is 2.28. The molecule has 1 aromatic carbocycles. The number of nitrogens with zero attached hydrogens (tertiary/aromatic N) is 6. The summed E-state index contributed by atoms with van der Waals surface area (Å²) in [6.45, 7) is 3.88. The topological polar surface area (TPSA) is 90.0 Å². The van der Waals surface area contributed by atoms with Gasteiger partial charge in [-0.2, -0.15) is 10.1 Å². The van der Waals surface area contributed by atoms with Gasteiger partial charge in [-0.1, -0.05) is 30.0 Å². The molecule has 0 spiro atoms. The number of aryl methyl sites for hydroxylation is 2. The maximum Gasteiger partial charge on any atom is 0.253 e. The summed E-state index contributed by atoms with van der Waals surface area (Å²) in [5.74, 6) is 1.81. The molecule has 4 aromatic rings. The number of anilines is 1. The van der Waals surface area contributed by atoms with Crippen molar-refractivity contribution in [2.24, 2.45) is 0 Å². The third-order valence-electron chi connectivity index (χ3n) is 4.92. The van der Waals surface area contributed by atoms with Gasteiger partial charge in [0, 0.05) is 23.4 Å². The standard InChI is InChI=1S/C21H21N7OS/c1-13-10-14(2)27-20(22-13)24-21(26-27)30-12-19(29)23-18-11-17(15-8-9-15)25-28(18)16-6-4-3-5-7-16/h3-7,10-11,15H,8-9,12H2,1-2H3,(H,23,29). The lowest BCUT2D eigenvalue weighted by molar-refractivity contribution is -0.113. The van der Waals surface area contributed by atoms with Crippen LogP contribution in [0, 0.1) is 13.8 Å². The molecule has 9 heteroatoms. The summed E-state index contributed by atoms with van der Waals surface area (Å²) in [6.07, 6.45) is 2.31. The second-order valence-electron chi connectivity index (χ2n) is 7.46. The molecule has 0 saturated heterocycles. The molecule has 1 aliphatic rings. The summed E-state index contributed by atoms with van der Waals surface area (Å²) in [6, 6.07) is 13.8. The van der Waals surface area contributed by atoms with Gasteiger partial charge in [0.1, 0.15) is 5.82 Å². The van der Waals surface area contributed by atoms with E-state index in [4.69, 9.17) is 5.10 Å². The number of nitrogens with one attached hydrogen (secondary N) is 1. The SMILES string of the molecule is Cc1cc(C)n2nc(SCC(=O)Nc3cc(C4CC4)nn3-c3ccccc3)nc2n1. The fraction of sp³-hybridized carbons (Fsp3) is 0.286. The summed E-state index contributed by atoms with van der Waals surface area (Å²) >= 11 is 1.29. The average Bonchev–Trinajstić information content (AvgIpc) is 3.37. The first-order valence-corrected chi connectivity index (χ1v) is 10.8. The Labute approximate surface area is 177 Å². The third kappa shape index (κ3) is 3.80. The number of para-hydroxylation sites is 1. The molecule has 1 N–H and O–H groups in total. The van der Waals surface area contributed by atoms with Gasteiger partial charge in [0.25, 0.3) is 5.78 Å². The number of fused-ring (bicyclic) bond motifs is 1. The molecule has 3 heterocycles. The normalized spacial score (nSPS) is 13.7. The van der Waals surface area contributed by atoms with Crippen LogP contribution in [0.25, 0.3) is 11.5 Å². The van der Waals surface area contributed by atoms with Crippen LogP contribution >= 0.6 is 11.8 Å². The molecule has 152 valence electrons. The minimum Gasteiger partial charge on any atom is -0.310 e. The number of hydrogen-bond donors (Lipinski definition) is 1. The van der Waals surface area contributed by atoms with Crippen molar-refractivity contribution < 1.29 is 4.79 Å². The lowest BCUT2D eigenvalue weighted by atomic mass is 10.3. The first kappa shape index (κ1) is 18.8. The Morgan fingerprint density at radius 1 is 1.13 bits per heavy atom. The van der Waals surface area contributed by atoms with E-state index in [1.54, 1.807) is 9.20 Å². The maximum absolute atomic E-state index is 12.6. The summed E-state index contributed by atoms with van der Waals surface area (Å²) in [7, 11) is 0. The maximum atomic E-state index is 12.6. The summed E-state index contributed by atoms with van der Waals surface area (Å²) in [4.78, 5) is 21.5. The van der Waals surface area contributed by atoms with Gasteiger partial charge >= 0.3 is 0 Å². The van der Waals surface area contributed by atoms with Crippen molar-refractivity contribution in [1.82, 2.24) is 29.4 Å². The van der Waals surface area contributed by atoms with Crippen molar-refractivity contribution in [3.63, 3.8) is 0 Å². The van der Waals surface area contributed by atoms with Crippen molar-refractivity contribution >= 4 is 29.3 Å². The molecule has 0 radical (unpaired) electrons. The van der Waals surface area contributed by atoms with Crippen molar-refractivity contribution in [1.29, 1.82) is 0 Å². The number of carbonyl (C=O) groups is 1. The van der Waals surface area contributed by atoms with Crippen LogP contribution in [0.2, 0.25) is 0 Å². The molecule has 0 atom stereocenters. The first-order valence-electron chi connectivity index (χ1n) is 9.86. The summed E-state index contributed by atoms with van der Waals surface area (Å²) < 4.78 is 3.50. The van der Waals surface area contributed by atoms with E-state index in [-0.39, 0.29) is 11.7 Å². The minimum absolute atomic E-state index is 0.126. The number of rotatable bonds is 6. The predicted molar refractivity (Wildman–Crippen MR) is 115 cm³/mol. The molecule has 1 aliphatic carbocycles. The van der Waals surface area contributed by atoms with E-state index in [0.29, 0.717) is 22.7 Å². The fourth-order valence-electron chi connectivity index (χ4n) is 3.35. The van der Waals surface area contributed by atoms with Gasteiger partial charge in [-0.15, -0.1) is 5.10 Å². The van der Waals surface area contributed by atoms with Crippen LogP contribution in [0.4, 0.5) is 5.82 Å². The second-order valence-corrected chi connectivity index (χ2v) is 8.40. The predicted octanol–water partition coefficient (Wildman–Crippen LogP) is 3.54. The Kier molecular flexibility index (Phi) is 4.74. The lowest BCUT2D eigenvalue weighted by Crippen LogP contribution is -2.17. The van der Waals surface area contributed by atoms with Gasteiger partial charge in [0.05, 0.1) is 17.1 Å². The molecule has 1 amide bonds. The molecule has 0 unspecified atom stereocenters. The van der Waals surface area contributed by atoms with Crippen LogP contribution in [0.5, 0.6) is 0 Å². The van der Waals surface area contributed by atoms with Crippen molar-refractivity contribution in [2.45, 2.75) is 37.8 Å². The Morgan fingerprint density at radius 2 is 1.93 bits per heavy atom. The molecule has 0 aliphatic heterocycles. The van der Waals surface area contributed by atoms with E-state index in [9.17, 15) is 4.79 Å². The Balaban J connectivity index is 1.32. The number of aromatic nitrogens is 6. The van der Waals surface area contributed by atoms with Crippen LogP contribution < -0.4 is 5.32 Å². The molecule has 30 heavy (non-hydrogen) atoms. The zero-order valence-electron chi connectivity index (χ0n) is 16.7. The van der Waals surface area contributed by atoms with Crippen LogP contribution in [-0.2, 0) is 4.79 Å². The van der Waals surface area contributed by atoms with E-state index in [0.717, 1.165) is 35.6 Å². The van der Waals surface area contributed by atoms with Crippen LogP contribution in [0.1, 0.15) is 35.8 Å². The van der Waals surface area contributed by atoms with E-state index >= 15 is 0 Å². The molecule has 5 rings (SSSR count). The van der Waals surface area contributed by atoms with Gasteiger partial charge in [-0.25, -0.2) is 14.2 Å². The molecular weight excluding hydrogens is 398 g/mol. The number of amides is 1. The minimum atomic E-state index is -0.126. The lowest BCUT2D eigenvalue weighted by Gasteiger charge is -2.08. The van der Waals surface area contributed by atoms with Crippen molar-refractivity contribution in [3.05, 3.63) is 59.5 Å². The molecule has 1 saturated carbocycles. The summed E-state index contributed by atoms with van der Waals surface area (Å²) in [5.41, 5.74) is 3.80.